The first kappa shape index (κ1) is 56.0. The lowest BCUT2D eigenvalue weighted by Crippen LogP contribution is -2.38. The van der Waals surface area contributed by atoms with Crippen LogP contribution in [0.2, 0.25) is 0 Å². The number of hydrogen-bond donors (Lipinski definition) is 2. The Hall–Kier alpha value is -4.33. The molecule has 2 fully saturated rings. The van der Waals surface area contributed by atoms with Gasteiger partial charge in [0.2, 0.25) is 5.91 Å². The van der Waals surface area contributed by atoms with Gasteiger partial charge in [-0.1, -0.05) is 79.7 Å². The van der Waals surface area contributed by atoms with E-state index in [1.165, 1.54) is 87.6 Å². The number of carboxylic acid groups (broad SMARTS) is 1. The molecule has 10 rings (SSSR count). The van der Waals surface area contributed by atoms with Crippen molar-refractivity contribution < 1.29 is 14.7 Å². The Kier molecular flexibility index (Phi) is 18.7. The molecule has 9 nitrogen and oxygen atoms in total. The van der Waals surface area contributed by atoms with Gasteiger partial charge in [0.25, 0.3) is 0 Å². The molecule has 1 amide bonds. The summed E-state index contributed by atoms with van der Waals surface area (Å²) in [4.78, 5) is 42.8. The van der Waals surface area contributed by atoms with Crippen molar-refractivity contribution in [2.24, 2.45) is 0 Å². The third-order valence-electron chi connectivity index (χ3n) is 15.4. The van der Waals surface area contributed by atoms with Crippen LogP contribution in [0.3, 0.4) is 0 Å². The summed E-state index contributed by atoms with van der Waals surface area (Å²) in [5, 5.41) is 18.8. The Balaban J connectivity index is 0.000000195. The number of amides is 1. The first-order valence-electron chi connectivity index (χ1n) is 25.1. The van der Waals surface area contributed by atoms with Gasteiger partial charge in [0, 0.05) is 71.6 Å². The van der Waals surface area contributed by atoms with E-state index in [1.54, 1.807) is 48.3 Å². The number of halogens is 2. The van der Waals surface area contributed by atoms with E-state index < -0.39 is 5.97 Å². The summed E-state index contributed by atoms with van der Waals surface area (Å²) in [5.41, 5.74) is 13.6. The monoisotopic (exact) mass is 1080 g/mol. The molecule has 6 heterocycles. The number of nitrogens with zero attached hydrogens (tertiary/aromatic N) is 5. The van der Waals surface area contributed by atoms with Crippen molar-refractivity contribution in [3.05, 3.63) is 140 Å². The van der Waals surface area contributed by atoms with Gasteiger partial charge in [-0.15, -0.1) is 52.1 Å². The molecule has 2 aliphatic heterocycles. The number of aromatic nitrogens is 4. The van der Waals surface area contributed by atoms with Gasteiger partial charge in [-0.25, -0.2) is 9.97 Å². The van der Waals surface area contributed by atoms with Gasteiger partial charge in [0.05, 0.1) is 34.2 Å². The number of aliphatic carboxylic acids is 1. The van der Waals surface area contributed by atoms with E-state index in [1.807, 2.05) is 28.4 Å². The zero-order valence-electron chi connectivity index (χ0n) is 42.9. The molecule has 6 aromatic rings. The standard InChI is InChI=1S/C29H35N3OS.C22H30N2S.C7H7NO2.BrH.ClH/c1-28(2)11-12-29(3,4)24-18-22(5-6-23(24)28)25-19-34-27(31-25)21-9-15-32(16-10-21)26(33)17-20-7-13-30-14-8-20;1-21(2)9-10-22(3,4)18-13-16(5-6-17(18)21)19-14-25-20(24-19)15-7-11-23-12-8-15;9-7(10)5-6-1-3-8-4-2-6;;/h5-8,13-14,18-19,21H,9-12,15-17H2,1-4H3;5-6,13-15,23H,7-12H2,1-4H3;1-4H,5H2,(H,9,10);2*1H. The highest BCUT2D eigenvalue weighted by Crippen LogP contribution is 2.48. The normalized spacial score (nSPS) is 18.6. The maximum Gasteiger partial charge on any atom is 0.307 e. The van der Waals surface area contributed by atoms with Gasteiger partial charge in [0.15, 0.2) is 0 Å². The molecule has 4 aliphatic rings. The van der Waals surface area contributed by atoms with Crippen LogP contribution in [0.4, 0.5) is 0 Å². The fraction of sp³-hybridized carbons (Fsp3) is 0.483. The Bertz CT molecular complexity index is 2710. The number of carbonyl (C=O) groups excluding carboxylic acids is 1. The minimum atomic E-state index is -0.814. The van der Waals surface area contributed by atoms with E-state index in [2.05, 4.69) is 118 Å². The molecule has 2 saturated heterocycles. The summed E-state index contributed by atoms with van der Waals surface area (Å²) in [7, 11) is 0. The molecule has 0 unspecified atom stereocenters. The molecule has 0 bridgehead atoms. The number of carboxylic acids is 1. The average Bonchev–Trinajstić information content (AvgIpc) is 4.05. The van der Waals surface area contributed by atoms with E-state index in [-0.39, 0.29) is 63.4 Å². The second-order valence-corrected chi connectivity index (χ2v) is 24.1. The lowest BCUT2D eigenvalue weighted by atomic mass is 9.63. The van der Waals surface area contributed by atoms with Gasteiger partial charge in [-0.3, -0.25) is 19.6 Å². The molecule has 380 valence electrons. The molecule has 0 atom stereocenters. The molecule has 2 aliphatic carbocycles. The second-order valence-electron chi connectivity index (χ2n) is 22.3. The number of thiazole rings is 2. The lowest BCUT2D eigenvalue weighted by Gasteiger charge is -2.42. The Morgan fingerprint density at radius 3 is 1.41 bits per heavy atom. The van der Waals surface area contributed by atoms with Crippen molar-refractivity contribution in [1.82, 2.24) is 30.2 Å². The summed E-state index contributed by atoms with van der Waals surface area (Å²) in [5.74, 6) is 0.486. The van der Waals surface area contributed by atoms with Crippen molar-refractivity contribution >= 4 is 63.9 Å². The topological polar surface area (TPSA) is 121 Å². The number of carbonyl (C=O) groups is 2. The third kappa shape index (κ3) is 13.6. The molecule has 13 heteroatoms. The summed E-state index contributed by atoms with van der Waals surface area (Å²) >= 11 is 3.63. The van der Waals surface area contributed by atoms with Crippen LogP contribution in [-0.2, 0) is 44.1 Å². The Morgan fingerprint density at radius 2 is 0.986 bits per heavy atom. The Labute approximate surface area is 447 Å². The zero-order valence-corrected chi connectivity index (χ0v) is 47.1. The minimum Gasteiger partial charge on any atom is -0.481 e. The first-order chi connectivity index (χ1) is 32.9. The van der Waals surface area contributed by atoms with Crippen LogP contribution in [0.5, 0.6) is 0 Å². The molecule has 4 aromatic heterocycles. The summed E-state index contributed by atoms with van der Waals surface area (Å²) < 4.78 is 0. The largest absolute Gasteiger partial charge is 0.481 e. The molecule has 2 N–H and O–H groups in total. The first-order valence-corrected chi connectivity index (χ1v) is 26.8. The van der Waals surface area contributed by atoms with Crippen molar-refractivity contribution in [3.8, 4) is 22.5 Å². The van der Waals surface area contributed by atoms with Gasteiger partial charge in [-0.2, -0.15) is 0 Å². The van der Waals surface area contributed by atoms with E-state index in [0.29, 0.717) is 18.3 Å². The lowest BCUT2D eigenvalue weighted by molar-refractivity contribution is -0.136. The molecular formula is C58H74BrClN6O3S2. The Morgan fingerprint density at radius 1 is 0.592 bits per heavy atom. The molecule has 71 heavy (non-hydrogen) atoms. The highest BCUT2D eigenvalue weighted by molar-refractivity contribution is 8.93. The van der Waals surface area contributed by atoms with Gasteiger partial charge < -0.3 is 15.3 Å². The quantitative estimate of drug-likeness (QED) is 0.155. The van der Waals surface area contributed by atoms with Gasteiger partial charge in [0.1, 0.15) is 0 Å². The third-order valence-corrected chi connectivity index (χ3v) is 17.5. The van der Waals surface area contributed by atoms with Crippen molar-refractivity contribution in [3.63, 3.8) is 0 Å². The smallest absolute Gasteiger partial charge is 0.307 e. The number of likely N-dealkylation sites (tertiary alicyclic amines) is 1. The number of fused-ring (bicyclic) bond motifs is 2. The van der Waals surface area contributed by atoms with E-state index in [0.717, 1.165) is 55.8 Å². The number of benzene rings is 2. The number of rotatable bonds is 8. The predicted molar refractivity (Wildman–Crippen MR) is 300 cm³/mol. The van der Waals surface area contributed by atoms with E-state index >= 15 is 0 Å². The highest BCUT2D eigenvalue weighted by Gasteiger charge is 2.38. The molecule has 2 aromatic carbocycles. The van der Waals surface area contributed by atoms with Gasteiger partial charge >= 0.3 is 5.97 Å². The van der Waals surface area contributed by atoms with E-state index in [4.69, 9.17) is 15.1 Å². The fourth-order valence-electron chi connectivity index (χ4n) is 10.6. The summed E-state index contributed by atoms with van der Waals surface area (Å²) in [6, 6.07) is 21.3. The van der Waals surface area contributed by atoms with Crippen LogP contribution in [0, 0.1) is 0 Å². The van der Waals surface area contributed by atoms with E-state index in [9.17, 15) is 9.59 Å². The molecule has 0 spiro atoms. The predicted octanol–water partition coefficient (Wildman–Crippen LogP) is 13.8. The number of hydrogen-bond acceptors (Lipinski definition) is 9. The highest BCUT2D eigenvalue weighted by atomic mass is 79.9. The number of pyridine rings is 2. The number of piperidine rings is 2. The second kappa shape index (κ2) is 23.7. The van der Waals surface area contributed by atoms with Crippen molar-refractivity contribution in [2.75, 3.05) is 26.2 Å². The zero-order chi connectivity index (χ0) is 49.0. The minimum absolute atomic E-state index is 0. The van der Waals surface area contributed by atoms with Gasteiger partial charge in [-0.05, 0) is 156 Å². The summed E-state index contributed by atoms with van der Waals surface area (Å²) in [6.45, 7) is 22.9. The van der Waals surface area contributed by atoms with Crippen LogP contribution in [0.1, 0.15) is 162 Å². The van der Waals surface area contributed by atoms with Crippen LogP contribution in [-0.4, -0.2) is 68.0 Å². The van der Waals surface area contributed by atoms with Crippen molar-refractivity contribution in [2.45, 2.75) is 153 Å². The number of nitrogens with one attached hydrogen (secondary N) is 1. The molecule has 0 saturated carbocycles. The summed E-state index contributed by atoms with van der Waals surface area (Å²) in [6.07, 6.45) is 16.6. The fourth-order valence-corrected chi connectivity index (χ4v) is 12.6. The maximum atomic E-state index is 12.7. The maximum absolute atomic E-state index is 12.7. The van der Waals surface area contributed by atoms with Crippen LogP contribution in [0.15, 0.2) is 96.2 Å². The van der Waals surface area contributed by atoms with Crippen LogP contribution < -0.4 is 5.32 Å². The molecule has 0 radical (unpaired) electrons. The molecular weight excluding hydrogens is 1010 g/mol. The van der Waals surface area contributed by atoms with Crippen LogP contribution >= 0.6 is 52.1 Å². The van der Waals surface area contributed by atoms with Crippen molar-refractivity contribution in [1.29, 1.82) is 0 Å². The SMILES string of the molecule is Br.CC1(C)CCC(C)(C)c2cc(-c3csc(C4CCN(C(=O)Cc5ccncc5)CC4)n3)ccc21.CC1(C)CCC(C)(C)c2cc(-c3csc(C4CCNCC4)n3)ccc21.Cl.O=C(O)Cc1ccncc1. The average molecular weight is 1080 g/mol. The van der Waals surface area contributed by atoms with Crippen LogP contribution in [0.25, 0.3) is 22.5 Å².